The number of ether oxygens (including phenoxy) is 4. The molecule has 0 amide bonds. The van der Waals surface area contributed by atoms with Gasteiger partial charge in [0, 0.05) is 60.3 Å². The van der Waals surface area contributed by atoms with Crippen LogP contribution in [0.1, 0.15) is 141 Å². The highest BCUT2D eigenvalue weighted by Crippen LogP contribution is 2.53. The molecular weight excluding hydrogens is 857 g/mol. The zero-order chi connectivity index (χ0) is 47.5. The third-order valence-corrected chi connectivity index (χ3v) is 15.3. The maximum Gasteiger partial charge on any atom is 0.340 e. The molecule has 2 aliphatic carbocycles. The van der Waals surface area contributed by atoms with E-state index in [-0.39, 0.29) is 66.4 Å². The van der Waals surface area contributed by atoms with Gasteiger partial charge >= 0.3 is 17.6 Å². The Balaban J connectivity index is 1.17. The third kappa shape index (κ3) is 9.47. The molecule has 356 valence electrons. The number of methoxy groups -OCH3 is 1. The number of carbonyl (C=O) groups excluding carboxylic acids is 2. The molecule has 2 N–H and O–H groups in total. The number of fused-ring (bicyclic) bond motifs is 11. The zero-order valence-electron chi connectivity index (χ0n) is 39.7. The van der Waals surface area contributed by atoms with Gasteiger partial charge in [0.05, 0.1) is 18.8 Å². The molecule has 1 aromatic heterocycles. The van der Waals surface area contributed by atoms with Crippen molar-refractivity contribution in [1.82, 2.24) is 0 Å². The summed E-state index contributed by atoms with van der Waals surface area (Å²) in [5.74, 6) is -1.45. The number of aliphatic hydroxyl groups is 2. The lowest BCUT2D eigenvalue weighted by Crippen LogP contribution is -2.58. The van der Waals surface area contributed by atoms with Crippen LogP contribution in [0.5, 0.6) is 5.75 Å². The molecule has 68 heavy (non-hydrogen) atoms. The molecule has 10 rings (SSSR count). The van der Waals surface area contributed by atoms with Gasteiger partial charge in [-0.1, -0.05) is 109 Å². The number of aryl methyl sites for hydroxylation is 1. The highest BCUT2D eigenvalue weighted by molar-refractivity contribution is 5.90. The van der Waals surface area contributed by atoms with Crippen LogP contribution < -0.4 is 10.4 Å². The molecule has 1 saturated carbocycles. The van der Waals surface area contributed by atoms with Crippen molar-refractivity contribution in [2.75, 3.05) is 20.3 Å². The van der Waals surface area contributed by atoms with Crippen molar-refractivity contribution in [3.63, 3.8) is 0 Å². The van der Waals surface area contributed by atoms with Crippen LogP contribution in [0.4, 0.5) is 0 Å². The van der Waals surface area contributed by atoms with Crippen molar-refractivity contribution < 1.29 is 43.2 Å². The van der Waals surface area contributed by atoms with Crippen LogP contribution in [-0.2, 0) is 43.2 Å². The maximum atomic E-state index is 15.1. The van der Waals surface area contributed by atoms with Crippen molar-refractivity contribution >= 4 is 22.9 Å². The van der Waals surface area contributed by atoms with Gasteiger partial charge in [0.15, 0.2) is 12.2 Å². The van der Waals surface area contributed by atoms with E-state index in [9.17, 15) is 19.8 Å². The number of hydrogen-bond donors (Lipinski definition) is 2. The number of rotatable bonds is 10. The van der Waals surface area contributed by atoms with E-state index in [0.29, 0.717) is 41.5 Å². The number of esters is 2. The molecule has 2 bridgehead atoms. The van der Waals surface area contributed by atoms with Gasteiger partial charge in [-0.05, 0) is 117 Å². The van der Waals surface area contributed by atoms with Gasteiger partial charge in [-0.2, -0.15) is 0 Å². The highest BCUT2D eigenvalue weighted by Gasteiger charge is 2.57. The Labute approximate surface area is 399 Å². The van der Waals surface area contributed by atoms with Gasteiger partial charge in [-0.3, -0.25) is 4.79 Å². The summed E-state index contributed by atoms with van der Waals surface area (Å²) in [7, 11) is 1.51. The lowest BCUT2D eigenvalue weighted by Gasteiger charge is -2.48. The molecular formula is C58H64O10. The molecule has 0 spiro atoms. The number of benzene rings is 4. The minimum Gasteiger partial charge on any atom is -0.483 e. The van der Waals surface area contributed by atoms with E-state index in [0.717, 1.165) is 48.8 Å². The fourth-order valence-corrected chi connectivity index (χ4v) is 11.7. The summed E-state index contributed by atoms with van der Waals surface area (Å²) in [6, 6.07) is 31.2. The van der Waals surface area contributed by atoms with Gasteiger partial charge in [-0.25, -0.2) is 9.59 Å². The summed E-state index contributed by atoms with van der Waals surface area (Å²) in [5, 5.41) is 21.4. The highest BCUT2D eigenvalue weighted by atomic mass is 16.6. The van der Waals surface area contributed by atoms with E-state index in [1.807, 2.05) is 26.8 Å². The monoisotopic (exact) mass is 920 g/mol. The zero-order valence-corrected chi connectivity index (χ0v) is 39.7. The van der Waals surface area contributed by atoms with Crippen molar-refractivity contribution in [3.8, 4) is 5.75 Å². The molecule has 0 radical (unpaired) electrons. The Hall–Kier alpha value is -5.81. The minimum atomic E-state index is -1.25. The summed E-state index contributed by atoms with van der Waals surface area (Å²) in [6.45, 7) is 5.16. The fraction of sp³-hybridized carbons (Fsp3) is 0.431. The SMILES string of the molecule is COC[C@@H](CCO)c1c(CO)c2ccc3c(c2oc1=O)[C@H]1OC(=O)C[C@@H]2C[C@H](c4cccc(Cc5ccccc5)c4)C=C[C@H]2c2ccc(cc2)CCC(=C(C)C)C(=O)O[C@@H]1[C@](C)(C1CCCC1)O3. The molecule has 0 unspecified atom stereocenters. The number of allylic oxidation sites excluding steroid dienone is 3. The van der Waals surface area contributed by atoms with Crippen LogP contribution in [0.3, 0.4) is 0 Å². The lowest BCUT2D eigenvalue weighted by molar-refractivity contribution is -0.199. The van der Waals surface area contributed by atoms with Crippen LogP contribution in [0.15, 0.2) is 124 Å². The van der Waals surface area contributed by atoms with E-state index in [1.54, 1.807) is 12.1 Å². The van der Waals surface area contributed by atoms with E-state index < -0.39 is 47.9 Å². The van der Waals surface area contributed by atoms with E-state index in [1.165, 1.54) is 23.8 Å². The molecule has 4 aromatic carbocycles. The van der Waals surface area contributed by atoms with Crippen molar-refractivity contribution in [2.24, 2.45) is 11.8 Å². The normalized spacial score (nSPS) is 24.7. The Morgan fingerprint density at radius 3 is 2.34 bits per heavy atom. The first-order chi connectivity index (χ1) is 33.0. The largest absolute Gasteiger partial charge is 0.483 e. The molecule has 4 heterocycles. The summed E-state index contributed by atoms with van der Waals surface area (Å²) >= 11 is 0. The summed E-state index contributed by atoms with van der Waals surface area (Å²) in [5.41, 5.74) is 6.22. The Morgan fingerprint density at radius 2 is 1.62 bits per heavy atom. The van der Waals surface area contributed by atoms with E-state index >= 15 is 4.79 Å². The van der Waals surface area contributed by atoms with Crippen LogP contribution in [0.25, 0.3) is 11.0 Å². The summed E-state index contributed by atoms with van der Waals surface area (Å²) < 4.78 is 32.4. The van der Waals surface area contributed by atoms with Gasteiger partial charge in [-0.15, -0.1) is 0 Å². The average Bonchev–Trinajstić information content (AvgIpc) is 3.89. The molecule has 3 aliphatic heterocycles. The Morgan fingerprint density at radius 1 is 0.853 bits per heavy atom. The summed E-state index contributed by atoms with van der Waals surface area (Å²) in [4.78, 5) is 44.2. The Bertz CT molecular complexity index is 2740. The standard InChI is InChI=1S/C58H64O10/c1-35(2)45-23-19-36-17-20-39(21-18-36)46-24-22-41(40-14-10-13-38(30-40)29-37-11-6-5-7-12-37)31-43(46)32-50(61)65-54-52-49(68-58(3,44-15-8-9-16-44)55(54)67-56(45)62)26-25-47-48(33-60)51(57(63)66-53(47)52)42(27-28-59)34-64-4/h5-7,10-14,17-18,20-22,24-26,30,41-44,46,54-55,59-60H,8-9,15-16,19,23,27-29,31-34H2,1-4H3/t41-,42-,43+,46+,54-,55+,58+/m1/s1. The predicted molar refractivity (Wildman–Crippen MR) is 261 cm³/mol. The van der Waals surface area contributed by atoms with Crippen molar-refractivity contribution in [2.45, 2.75) is 127 Å². The van der Waals surface area contributed by atoms with Gasteiger partial charge < -0.3 is 33.6 Å². The topological polar surface area (TPSA) is 142 Å². The van der Waals surface area contributed by atoms with Crippen LogP contribution in [-0.4, -0.2) is 54.2 Å². The number of aliphatic hydroxyl groups excluding tert-OH is 2. The van der Waals surface area contributed by atoms with Crippen LogP contribution >= 0.6 is 0 Å². The molecule has 1 fully saturated rings. The first-order valence-corrected chi connectivity index (χ1v) is 24.5. The van der Waals surface area contributed by atoms with Crippen molar-refractivity contribution in [1.29, 1.82) is 0 Å². The lowest BCUT2D eigenvalue weighted by atomic mass is 9.72. The molecule has 5 aromatic rings. The van der Waals surface area contributed by atoms with Crippen LogP contribution in [0.2, 0.25) is 0 Å². The second-order valence-electron chi connectivity index (χ2n) is 19.8. The smallest absolute Gasteiger partial charge is 0.340 e. The number of hydrogen-bond acceptors (Lipinski definition) is 10. The number of carbonyl (C=O) groups is 2. The molecule has 7 atom stereocenters. The summed E-state index contributed by atoms with van der Waals surface area (Å²) in [6.07, 6.45) is 8.57. The average molecular weight is 921 g/mol. The van der Waals surface area contributed by atoms with E-state index in [2.05, 4.69) is 84.9 Å². The van der Waals surface area contributed by atoms with Gasteiger partial charge in [0.2, 0.25) is 0 Å². The Kier molecular flexibility index (Phi) is 14.2. The predicted octanol–water partition coefficient (Wildman–Crippen LogP) is 10.6. The van der Waals surface area contributed by atoms with Gasteiger partial charge in [0.25, 0.3) is 0 Å². The molecule has 0 saturated heterocycles. The maximum absolute atomic E-state index is 15.1. The first kappa shape index (κ1) is 47.3. The second kappa shape index (κ2) is 20.4. The minimum absolute atomic E-state index is 0.0485. The second-order valence-corrected chi connectivity index (χ2v) is 19.8. The first-order valence-electron chi connectivity index (χ1n) is 24.5. The van der Waals surface area contributed by atoms with Crippen molar-refractivity contribution in [3.05, 3.63) is 169 Å². The van der Waals surface area contributed by atoms with Gasteiger partial charge in [0.1, 0.15) is 16.9 Å². The van der Waals surface area contributed by atoms with E-state index in [4.69, 9.17) is 23.4 Å². The quantitative estimate of drug-likeness (QED) is 0.0602. The molecule has 10 nitrogen and oxygen atoms in total. The fourth-order valence-electron chi connectivity index (χ4n) is 11.7. The molecule has 10 heteroatoms. The molecule has 5 aliphatic rings. The third-order valence-electron chi connectivity index (χ3n) is 15.3. The van der Waals surface area contributed by atoms with Crippen LogP contribution in [0, 0.1) is 11.8 Å².